The van der Waals surface area contributed by atoms with Gasteiger partial charge in [-0.15, -0.1) is 11.8 Å². The van der Waals surface area contributed by atoms with Crippen molar-refractivity contribution in [1.29, 1.82) is 0 Å². The molecule has 5 heteroatoms. The highest BCUT2D eigenvalue weighted by atomic mass is 79.9. The molecule has 2 aromatic rings. The van der Waals surface area contributed by atoms with E-state index in [9.17, 15) is 10.1 Å². The number of thioether (sulfide) groups is 1. The summed E-state index contributed by atoms with van der Waals surface area (Å²) in [6, 6.07) is 11.6. The van der Waals surface area contributed by atoms with Crippen LogP contribution in [0.2, 0.25) is 0 Å². The van der Waals surface area contributed by atoms with E-state index in [1.807, 2.05) is 6.07 Å². The van der Waals surface area contributed by atoms with Crippen LogP contribution in [0.1, 0.15) is 16.7 Å². The molecule has 104 valence electrons. The van der Waals surface area contributed by atoms with Crippen molar-refractivity contribution in [2.24, 2.45) is 0 Å². The lowest BCUT2D eigenvalue weighted by Gasteiger charge is -2.07. The maximum absolute atomic E-state index is 10.9. The monoisotopic (exact) mass is 351 g/mol. The van der Waals surface area contributed by atoms with Crippen LogP contribution < -0.4 is 0 Å². The minimum Gasteiger partial charge on any atom is -0.258 e. The molecule has 2 aromatic carbocycles. The number of nitro groups is 1. The van der Waals surface area contributed by atoms with Gasteiger partial charge in [0.1, 0.15) is 0 Å². The summed E-state index contributed by atoms with van der Waals surface area (Å²) in [7, 11) is 0. The van der Waals surface area contributed by atoms with E-state index in [0.717, 1.165) is 11.3 Å². The minimum absolute atomic E-state index is 0.115. The summed E-state index contributed by atoms with van der Waals surface area (Å²) in [6.45, 7) is 4.15. The molecular formula is C15H14BrNO2S. The molecule has 3 nitrogen and oxygen atoms in total. The van der Waals surface area contributed by atoms with Gasteiger partial charge < -0.3 is 0 Å². The molecule has 20 heavy (non-hydrogen) atoms. The summed E-state index contributed by atoms with van der Waals surface area (Å²) in [5.41, 5.74) is 3.54. The summed E-state index contributed by atoms with van der Waals surface area (Å²) < 4.78 is 0.516. The van der Waals surface area contributed by atoms with E-state index in [1.54, 1.807) is 23.9 Å². The molecule has 0 amide bonds. The van der Waals surface area contributed by atoms with E-state index >= 15 is 0 Å². The topological polar surface area (TPSA) is 43.1 Å². The number of aryl methyl sites for hydroxylation is 2. The number of rotatable bonds is 4. The molecule has 0 aliphatic heterocycles. The second kappa shape index (κ2) is 6.41. The van der Waals surface area contributed by atoms with Crippen LogP contribution in [0.3, 0.4) is 0 Å². The van der Waals surface area contributed by atoms with Gasteiger partial charge in [0.05, 0.1) is 9.40 Å². The first-order valence-corrected chi connectivity index (χ1v) is 7.88. The Hall–Kier alpha value is -1.33. The lowest BCUT2D eigenvalue weighted by atomic mass is 10.2. The largest absolute Gasteiger partial charge is 0.283 e. The zero-order valence-electron chi connectivity index (χ0n) is 11.2. The average Bonchev–Trinajstić information content (AvgIpc) is 2.39. The lowest BCUT2D eigenvalue weighted by molar-refractivity contribution is -0.385. The predicted molar refractivity (Wildman–Crippen MR) is 86.3 cm³/mol. The van der Waals surface area contributed by atoms with Crippen molar-refractivity contribution < 1.29 is 4.92 Å². The fraction of sp³-hybridized carbons (Fsp3) is 0.200. The molecule has 2 rings (SSSR count). The Morgan fingerprint density at radius 1 is 1.20 bits per heavy atom. The van der Waals surface area contributed by atoms with E-state index < -0.39 is 0 Å². The van der Waals surface area contributed by atoms with Crippen LogP contribution in [0.15, 0.2) is 45.8 Å². The van der Waals surface area contributed by atoms with Crippen LogP contribution in [-0.2, 0) is 5.75 Å². The van der Waals surface area contributed by atoms with Crippen LogP contribution >= 0.6 is 27.7 Å². The SMILES string of the molecule is Cc1ccc(SCc2ccc(Br)c([N+](=O)[O-])c2)c(C)c1. The third-order valence-electron chi connectivity index (χ3n) is 2.93. The fourth-order valence-electron chi connectivity index (χ4n) is 1.91. The van der Waals surface area contributed by atoms with Crippen LogP contribution in [0.25, 0.3) is 0 Å². The van der Waals surface area contributed by atoms with Gasteiger partial charge in [-0.05, 0) is 53.0 Å². The Balaban J connectivity index is 2.15. The zero-order chi connectivity index (χ0) is 14.7. The van der Waals surface area contributed by atoms with Crippen LogP contribution in [0.4, 0.5) is 5.69 Å². The van der Waals surface area contributed by atoms with Crippen LogP contribution in [0.5, 0.6) is 0 Å². The second-order valence-corrected chi connectivity index (χ2v) is 6.47. The van der Waals surface area contributed by atoms with E-state index in [-0.39, 0.29) is 10.6 Å². The van der Waals surface area contributed by atoms with E-state index in [1.165, 1.54) is 16.0 Å². The van der Waals surface area contributed by atoms with E-state index in [2.05, 4.69) is 48.0 Å². The number of hydrogen-bond acceptors (Lipinski definition) is 3. The smallest absolute Gasteiger partial charge is 0.258 e. The first kappa shape index (κ1) is 15.1. The van der Waals surface area contributed by atoms with Crippen LogP contribution in [-0.4, -0.2) is 4.92 Å². The van der Waals surface area contributed by atoms with Gasteiger partial charge >= 0.3 is 0 Å². The summed E-state index contributed by atoms with van der Waals surface area (Å²) in [5.74, 6) is 0.720. The quantitative estimate of drug-likeness (QED) is 0.428. The third-order valence-corrected chi connectivity index (χ3v) is 4.85. The molecule has 0 spiro atoms. The molecule has 0 fully saturated rings. The van der Waals surface area contributed by atoms with Gasteiger partial charge in [0.25, 0.3) is 5.69 Å². The average molecular weight is 352 g/mol. The summed E-state index contributed by atoms with van der Waals surface area (Å²) in [4.78, 5) is 11.8. The molecular weight excluding hydrogens is 338 g/mol. The molecule has 0 bridgehead atoms. The van der Waals surface area contributed by atoms with Crippen molar-refractivity contribution in [1.82, 2.24) is 0 Å². The molecule has 0 unspecified atom stereocenters. The van der Waals surface area contributed by atoms with Crippen molar-refractivity contribution in [3.8, 4) is 0 Å². The second-order valence-electron chi connectivity index (χ2n) is 4.60. The van der Waals surface area contributed by atoms with Gasteiger partial charge in [-0.25, -0.2) is 0 Å². The molecule has 0 radical (unpaired) electrons. The minimum atomic E-state index is -0.366. The van der Waals surface area contributed by atoms with Crippen molar-refractivity contribution in [2.75, 3.05) is 0 Å². The predicted octanol–water partition coefficient (Wildman–Crippen LogP) is 5.27. The molecule has 0 saturated carbocycles. The normalized spacial score (nSPS) is 10.6. The summed E-state index contributed by atoms with van der Waals surface area (Å²) in [6.07, 6.45) is 0. The number of nitro benzene ring substituents is 1. The molecule has 0 saturated heterocycles. The van der Waals surface area contributed by atoms with Gasteiger partial charge in [-0.1, -0.05) is 23.8 Å². The Bertz CT molecular complexity index is 658. The fourth-order valence-corrected chi connectivity index (χ4v) is 3.25. The summed E-state index contributed by atoms with van der Waals surface area (Å²) in [5, 5.41) is 10.9. The van der Waals surface area contributed by atoms with Gasteiger partial charge in [0.2, 0.25) is 0 Å². The van der Waals surface area contributed by atoms with Crippen molar-refractivity contribution in [2.45, 2.75) is 24.5 Å². The highest BCUT2D eigenvalue weighted by molar-refractivity contribution is 9.10. The molecule has 0 aliphatic rings. The number of hydrogen-bond donors (Lipinski definition) is 0. The van der Waals surface area contributed by atoms with Crippen molar-refractivity contribution >= 4 is 33.4 Å². The standard InChI is InChI=1S/C15H14BrNO2S/c1-10-3-6-15(11(2)7-10)20-9-12-4-5-13(16)14(8-12)17(18)19/h3-8H,9H2,1-2H3. The Labute approximate surface area is 130 Å². The number of nitrogens with zero attached hydrogens (tertiary/aromatic N) is 1. The Morgan fingerprint density at radius 2 is 1.95 bits per heavy atom. The van der Waals surface area contributed by atoms with E-state index in [4.69, 9.17) is 0 Å². The molecule has 0 atom stereocenters. The van der Waals surface area contributed by atoms with Gasteiger partial charge in [-0.3, -0.25) is 10.1 Å². The van der Waals surface area contributed by atoms with Crippen LogP contribution in [0, 0.1) is 24.0 Å². The highest BCUT2D eigenvalue weighted by Gasteiger charge is 2.12. The number of halogens is 1. The van der Waals surface area contributed by atoms with E-state index in [0.29, 0.717) is 4.47 Å². The lowest BCUT2D eigenvalue weighted by Crippen LogP contribution is -1.91. The van der Waals surface area contributed by atoms with Crippen molar-refractivity contribution in [3.63, 3.8) is 0 Å². The van der Waals surface area contributed by atoms with Gasteiger partial charge in [0.15, 0.2) is 0 Å². The third kappa shape index (κ3) is 3.61. The Morgan fingerprint density at radius 3 is 2.60 bits per heavy atom. The molecule has 0 heterocycles. The maximum Gasteiger partial charge on any atom is 0.283 e. The first-order chi connectivity index (χ1) is 9.47. The van der Waals surface area contributed by atoms with Crippen molar-refractivity contribution in [3.05, 3.63) is 67.7 Å². The maximum atomic E-state index is 10.9. The molecule has 0 N–H and O–H groups in total. The van der Waals surface area contributed by atoms with Gasteiger partial charge in [-0.2, -0.15) is 0 Å². The highest BCUT2D eigenvalue weighted by Crippen LogP contribution is 2.30. The molecule has 0 aromatic heterocycles. The first-order valence-electron chi connectivity index (χ1n) is 6.10. The Kier molecular flexibility index (Phi) is 4.83. The number of benzene rings is 2. The molecule has 0 aliphatic carbocycles. The zero-order valence-corrected chi connectivity index (χ0v) is 13.6. The van der Waals surface area contributed by atoms with Gasteiger partial charge in [0, 0.05) is 16.7 Å². The summed E-state index contributed by atoms with van der Waals surface area (Å²) >= 11 is 4.90.